The first-order valence-electron chi connectivity index (χ1n) is 8.01. The highest BCUT2D eigenvalue weighted by molar-refractivity contribution is 5.85. The maximum atomic E-state index is 5.19. The normalized spacial score (nSPS) is 15.0. The molecule has 0 amide bonds. The standard InChI is InChI=1S/C18H26N2O/c1-13-14(2)20(9-4-10-21-3)18-11-15(5-8-17(13)18)12-19-16-6-7-16/h5,8,11,16,19H,4,6-7,9-10,12H2,1-3H3. The van der Waals surface area contributed by atoms with Crippen molar-refractivity contribution in [1.29, 1.82) is 0 Å². The zero-order valence-corrected chi connectivity index (χ0v) is 13.4. The molecule has 3 rings (SSSR count). The van der Waals surface area contributed by atoms with Gasteiger partial charge in [0.25, 0.3) is 0 Å². The molecule has 3 nitrogen and oxygen atoms in total. The van der Waals surface area contributed by atoms with Crippen LogP contribution in [0.5, 0.6) is 0 Å². The molecule has 1 aromatic heterocycles. The van der Waals surface area contributed by atoms with Crippen LogP contribution in [0.3, 0.4) is 0 Å². The molecule has 21 heavy (non-hydrogen) atoms. The van der Waals surface area contributed by atoms with Crippen molar-refractivity contribution in [2.24, 2.45) is 0 Å². The number of nitrogens with one attached hydrogen (secondary N) is 1. The van der Waals surface area contributed by atoms with Gasteiger partial charge in [-0.1, -0.05) is 12.1 Å². The van der Waals surface area contributed by atoms with Crippen LogP contribution < -0.4 is 5.32 Å². The van der Waals surface area contributed by atoms with E-state index in [9.17, 15) is 0 Å². The summed E-state index contributed by atoms with van der Waals surface area (Å²) in [7, 11) is 1.77. The molecular formula is C18H26N2O. The number of ether oxygens (including phenoxy) is 1. The van der Waals surface area contributed by atoms with E-state index in [0.29, 0.717) is 0 Å². The molecule has 0 unspecified atom stereocenters. The van der Waals surface area contributed by atoms with Crippen LogP contribution in [-0.4, -0.2) is 24.3 Å². The lowest BCUT2D eigenvalue weighted by Gasteiger charge is -2.09. The number of benzene rings is 1. The van der Waals surface area contributed by atoms with Crippen molar-refractivity contribution in [2.75, 3.05) is 13.7 Å². The fourth-order valence-corrected chi connectivity index (χ4v) is 3.01. The fourth-order valence-electron chi connectivity index (χ4n) is 3.01. The largest absolute Gasteiger partial charge is 0.385 e. The van der Waals surface area contributed by atoms with E-state index in [4.69, 9.17) is 4.74 Å². The van der Waals surface area contributed by atoms with Gasteiger partial charge in [0.05, 0.1) is 0 Å². The van der Waals surface area contributed by atoms with Gasteiger partial charge in [0.1, 0.15) is 0 Å². The Hall–Kier alpha value is -1.32. The second kappa shape index (κ2) is 6.20. The minimum absolute atomic E-state index is 0.762. The summed E-state index contributed by atoms with van der Waals surface area (Å²) in [4.78, 5) is 0. The monoisotopic (exact) mass is 286 g/mol. The van der Waals surface area contributed by atoms with E-state index in [1.165, 1.54) is 40.6 Å². The molecule has 1 heterocycles. The molecular weight excluding hydrogens is 260 g/mol. The molecule has 1 fully saturated rings. The Morgan fingerprint density at radius 2 is 2.10 bits per heavy atom. The van der Waals surface area contributed by atoms with Gasteiger partial charge in [0.2, 0.25) is 0 Å². The number of methoxy groups -OCH3 is 1. The first-order valence-corrected chi connectivity index (χ1v) is 8.01. The van der Waals surface area contributed by atoms with Crippen LogP contribution in [0.15, 0.2) is 18.2 Å². The summed E-state index contributed by atoms with van der Waals surface area (Å²) in [6, 6.07) is 7.67. The summed E-state index contributed by atoms with van der Waals surface area (Å²) in [6.07, 6.45) is 3.74. The Morgan fingerprint density at radius 1 is 1.29 bits per heavy atom. The molecule has 2 aromatic rings. The summed E-state index contributed by atoms with van der Waals surface area (Å²) >= 11 is 0. The Balaban J connectivity index is 1.86. The number of hydrogen-bond acceptors (Lipinski definition) is 2. The lowest BCUT2D eigenvalue weighted by Crippen LogP contribution is -2.15. The van der Waals surface area contributed by atoms with E-state index >= 15 is 0 Å². The predicted octanol–water partition coefficient (Wildman–Crippen LogP) is 3.55. The van der Waals surface area contributed by atoms with Gasteiger partial charge in [-0.25, -0.2) is 0 Å². The molecule has 0 atom stereocenters. The highest BCUT2D eigenvalue weighted by Gasteiger charge is 2.20. The van der Waals surface area contributed by atoms with E-state index < -0.39 is 0 Å². The SMILES string of the molecule is COCCCn1c(C)c(C)c2ccc(CNC3CC3)cc21. The molecule has 0 radical (unpaired) electrons. The van der Waals surface area contributed by atoms with Gasteiger partial charge in [0, 0.05) is 49.4 Å². The van der Waals surface area contributed by atoms with Crippen LogP contribution in [-0.2, 0) is 17.8 Å². The lowest BCUT2D eigenvalue weighted by atomic mass is 10.1. The lowest BCUT2D eigenvalue weighted by molar-refractivity contribution is 0.190. The molecule has 114 valence electrons. The maximum Gasteiger partial charge on any atom is 0.0488 e. The summed E-state index contributed by atoms with van der Waals surface area (Å²) in [6.45, 7) is 7.30. The van der Waals surface area contributed by atoms with Crippen LogP contribution in [0.2, 0.25) is 0 Å². The number of fused-ring (bicyclic) bond motifs is 1. The van der Waals surface area contributed by atoms with E-state index in [1.54, 1.807) is 7.11 Å². The van der Waals surface area contributed by atoms with E-state index in [0.717, 1.165) is 32.2 Å². The number of rotatable bonds is 7. The van der Waals surface area contributed by atoms with Crippen LogP contribution in [0.25, 0.3) is 10.9 Å². The van der Waals surface area contributed by atoms with Crippen LogP contribution >= 0.6 is 0 Å². The topological polar surface area (TPSA) is 26.2 Å². The van der Waals surface area contributed by atoms with Crippen molar-refractivity contribution in [2.45, 2.75) is 52.2 Å². The predicted molar refractivity (Wildman–Crippen MR) is 87.8 cm³/mol. The van der Waals surface area contributed by atoms with Gasteiger partial charge in [-0.2, -0.15) is 0 Å². The average Bonchev–Trinajstić information content (AvgIpc) is 3.29. The third-order valence-corrected chi connectivity index (χ3v) is 4.61. The minimum Gasteiger partial charge on any atom is -0.385 e. The highest BCUT2D eigenvalue weighted by Crippen LogP contribution is 2.27. The Kier molecular flexibility index (Phi) is 4.32. The molecule has 1 saturated carbocycles. The first-order chi connectivity index (χ1) is 10.2. The van der Waals surface area contributed by atoms with Crippen molar-refractivity contribution in [1.82, 2.24) is 9.88 Å². The molecule has 1 N–H and O–H groups in total. The number of nitrogens with zero attached hydrogens (tertiary/aromatic N) is 1. The first kappa shape index (κ1) is 14.6. The van der Waals surface area contributed by atoms with Crippen molar-refractivity contribution in [3.8, 4) is 0 Å². The Bertz CT molecular complexity index is 626. The smallest absolute Gasteiger partial charge is 0.0488 e. The average molecular weight is 286 g/mol. The van der Waals surface area contributed by atoms with Crippen LogP contribution in [0.1, 0.15) is 36.1 Å². The van der Waals surface area contributed by atoms with Crippen molar-refractivity contribution >= 4 is 10.9 Å². The molecule has 0 saturated heterocycles. The van der Waals surface area contributed by atoms with Crippen molar-refractivity contribution in [3.05, 3.63) is 35.0 Å². The van der Waals surface area contributed by atoms with Gasteiger partial charge in [-0.15, -0.1) is 0 Å². The number of aromatic nitrogens is 1. The van der Waals surface area contributed by atoms with E-state index in [-0.39, 0.29) is 0 Å². The zero-order valence-electron chi connectivity index (χ0n) is 13.4. The van der Waals surface area contributed by atoms with Gasteiger partial charge in [-0.05, 0) is 50.3 Å². The third kappa shape index (κ3) is 3.14. The van der Waals surface area contributed by atoms with E-state index in [2.05, 4.69) is 41.9 Å². The highest BCUT2D eigenvalue weighted by atomic mass is 16.5. The second-order valence-corrected chi connectivity index (χ2v) is 6.22. The quantitative estimate of drug-likeness (QED) is 0.788. The summed E-state index contributed by atoms with van der Waals surface area (Å²) in [5, 5.41) is 4.99. The Labute approximate surface area is 127 Å². The fraction of sp³-hybridized carbons (Fsp3) is 0.556. The number of hydrogen-bond donors (Lipinski definition) is 1. The molecule has 0 spiro atoms. The van der Waals surface area contributed by atoms with Crippen molar-refractivity contribution in [3.63, 3.8) is 0 Å². The summed E-state index contributed by atoms with van der Waals surface area (Å²) < 4.78 is 7.64. The molecule has 0 aliphatic heterocycles. The van der Waals surface area contributed by atoms with Gasteiger partial charge >= 0.3 is 0 Å². The van der Waals surface area contributed by atoms with Crippen molar-refractivity contribution < 1.29 is 4.74 Å². The Morgan fingerprint density at radius 3 is 2.81 bits per heavy atom. The second-order valence-electron chi connectivity index (χ2n) is 6.22. The molecule has 3 heteroatoms. The summed E-state index contributed by atoms with van der Waals surface area (Å²) in [5.74, 6) is 0. The molecule has 0 bridgehead atoms. The third-order valence-electron chi connectivity index (χ3n) is 4.61. The molecule has 1 aliphatic carbocycles. The zero-order chi connectivity index (χ0) is 14.8. The van der Waals surface area contributed by atoms with Crippen LogP contribution in [0.4, 0.5) is 0 Å². The van der Waals surface area contributed by atoms with E-state index in [1.807, 2.05) is 0 Å². The van der Waals surface area contributed by atoms with Gasteiger partial charge in [0.15, 0.2) is 0 Å². The summed E-state index contributed by atoms with van der Waals surface area (Å²) in [5.41, 5.74) is 5.55. The molecule has 1 aliphatic rings. The maximum absolute atomic E-state index is 5.19. The van der Waals surface area contributed by atoms with Crippen LogP contribution in [0, 0.1) is 13.8 Å². The van der Waals surface area contributed by atoms with Gasteiger partial charge < -0.3 is 14.6 Å². The minimum atomic E-state index is 0.762. The van der Waals surface area contributed by atoms with Gasteiger partial charge in [-0.3, -0.25) is 0 Å². The number of aryl methyl sites for hydroxylation is 2. The molecule has 1 aromatic carbocycles.